The monoisotopic (exact) mass is 367 g/mol. The largest absolute Gasteiger partial charge is 0.494 e. The van der Waals surface area contributed by atoms with Crippen molar-refractivity contribution in [3.63, 3.8) is 0 Å². The van der Waals surface area contributed by atoms with Crippen LogP contribution >= 0.6 is 0 Å². The normalized spacial score (nSPS) is 19.0. The molecule has 0 unspecified atom stereocenters. The van der Waals surface area contributed by atoms with Gasteiger partial charge in [0.15, 0.2) is 0 Å². The standard InChI is InChI=1S/C21H25N3O3/c1-16-7-12-27-21(13-16)8-10-23(11-9-21)20(25)17-14-22-24(15-17)18-5-3-4-6-19(18)26-2/h3-6,13-15H,7-12H2,1-2H3. The second kappa shape index (κ2) is 7.19. The number of aromatic nitrogens is 2. The van der Waals surface area contributed by atoms with Gasteiger partial charge in [-0.3, -0.25) is 4.79 Å². The van der Waals surface area contributed by atoms with Gasteiger partial charge in [-0.05, 0) is 38.3 Å². The minimum atomic E-state index is -0.180. The maximum absolute atomic E-state index is 12.9. The van der Waals surface area contributed by atoms with Gasteiger partial charge in [-0.15, -0.1) is 0 Å². The Morgan fingerprint density at radius 3 is 2.78 bits per heavy atom. The molecule has 0 aliphatic carbocycles. The molecule has 2 aliphatic heterocycles. The summed E-state index contributed by atoms with van der Waals surface area (Å²) in [5, 5.41) is 4.36. The van der Waals surface area contributed by atoms with Crippen LogP contribution in [0.4, 0.5) is 0 Å². The molecule has 0 radical (unpaired) electrons. The molecule has 27 heavy (non-hydrogen) atoms. The number of carbonyl (C=O) groups is 1. The molecule has 4 rings (SSSR count). The van der Waals surface area contributed by atoms with Crippen molar-refractivity contribution in [3.8, 4) is 11.4 Å². The Labute approximate surface area is 159 Å². The summed E-state index contributed by atoms with van der Waals surface area (Å²) < 4.78 is 13.1. The van der Waals surface area contributed by atoms with E-state index in [2.05, 4.69) is 18.1 Å². The molecule has 3 heterocycles. The second-order valence-corrected chi connectivity index (χ2v) is 7.29. The molecule has 0 saturated carbocycles. The lowest BCUT2D eigenvalue weighted by Crippen LogP contribution is -2.48. The summed E-state index contributed by atoms with van der Waals surface area (Å²) in [5.41, 5.74) is 2.61. The first-order valence-corrected chi connectivity index (χ1v) is 9.40. The molecule has 1 spiro atoms. The van der Waals surface area contributed by atoms with E-state index in [1.165, 1.54) is 5.57 Å². The van der Waals surface area contributed by atoms with Crippen LogP contribution in [0.25, 0.3) is 5.69 Å². The summed E-state index contributed by atoms with van der Waals surface area (Å²) in [6.45, 7) is 4.33. The maximum Gasteiger partial charge on any atom is 0.257 e. The summed E-state index contributed by atoms with van der Waals surface area (Å²) in [4.78, 5) is 14.8. The van der Waals surface area contributed by atoms with E-state index in [0.29, 0.717) is 18.7 Å². The fraction of sp³-hybridized carbons (Fsp3) is 0.429. The molecule has 1 aromatic carbocycles. The molecule has 2 aromatic rings. The predicted molar refractivity (Wildman–Crippen MR) is 102 cm³/mol. The fourth-order valence-electron chi connectivity index (χ4n) is 3.92. The summed E-state index contributed by atoms with van der Waals surface area (Å²) in [6, 6.07) is 7.62. The van der Waals surface area contributed by atoms with E-state index < -0.39 is 0 Å². The Bertz CT molecular complexity index is 863. The molecule has 1 aromatic heterocycles. The summed E-state index contributed by atoms with van der Waals surface area (Å²) in [6.07, 6.45) is 8.35. The van der Waals surface area contributed by atoms with Crippen molar-refractivity contribution in [2.75, 3.05) is 26.8 Å². The van der Waals surface area contributed by atoms with Crippen LogP contribution in [0.3, 0.4) is 0 Å². The van der Waals surface area contributed by atoms with E-state index >= 15 is 0 Å². The molecule has 0 atom stereocenters. The third kappa shape index (κ3) is 3.49. The number of methoxy groups -OCH3 is 1. The van der Waals surface area contributed by atoms with E-state index in [-0.39, 0.29) is 11.5 Å². The van der Waals surface area contributed by atoms with Crippen molar-refractivity contribution in [1.29, 1.82) is 0 Å². The van der Waals surface area contributed by atoms with Crippen LogP contribution in [0, 0.1) is 0 Å². The van der Waals surface area contributed by atoms with E-state index in [1.54, 1.807) is 24.2 Å². The van der Waals surface area contributed by atoms with Gasteiger partial charge in [-0.1, -0.05) is 23.8 Å². The first-order valence-electron chi connectivity index (χ1n) is 9.40. The van der Waals surface area contributed by atoms with Crippen LogP contribution in [0.2, 0.25) is 0 Å². The molecular weight excluding hydrogens is 342 g/mol. The number of hydrogen-bond donors (Lipinski definition) is 0. The van der Waals surface area contributed by atoms with Crippen LogP contribution in [-0.4, -0.2) is 53.0 Å². The SMILES string of the molecule is COc1ccccc1-n1cc(C(=O)N2CCC3(C=C(C)CCO3)CC2)cn1. The fourth-order valence-corrected chi connectivity index (χ4v) is 3.92. The molecule has 6 heteroatoms. The predicted octanol–water partition coefficient (Wildman–Crippen LogP) is 3.22. The Morgan fingerprint density at radius 2 is 2.04 bits per heavy atom. The molecule has 2 aliphatic rings. The lowest BCUT2D eigenvalue weighted by atomic mass is 9.87. The summed E-state index contributed by atoms with van der Waals surface area (Å²) in [7, 11) is 1.63. The van der Waals surface area contributed by atoms with E-state index in [9.17, 15) is 4.79 Å². The van der Waals surface area contributed by atoms with Crippen molar-refractivity contribution < 1.29 is 14.3 Å². The van der Waals surface area contributed by atoms with Gasteiger partial charge < -0.3 is 14.4 Å². The van der Waals surface area contributed by atoms with Crippen LogP contribution in [0.5, 0.6) is 5.75 Å². The van der Waals surface area contributed by atoms with Crippen LogP contribution in [-0.2, 0) is 4.74 Å². The van der Waals surface area contributed by atoms with Crippen molar-refractivity contribution in [1.82, 2.24) is 14.7 Å². The highest BCUT2D eigenvalue weighted by atomic mass is 16.5. The van der Waals surface area contributed by atoms with Crippen LogP contribution < -0.4 is 4.74 Å². The Balaban J connectivity index is 1.47. The lowest BCUT2D eigenvalue weighted by Gasteiger charge is -2.42. The Kier molecular flexibility index (Phi) is 4.74. The number of carbonyl (C=O) groups excluding carboxylic acids is 1. The smallest absolute Gasteiger partial charge is 0.257 e. The summed E-state index contributed by atoms with van der Waals surface area (Å²) >= 11 is 0. The number of rotatable bonds is 3. The lowest BCUT2D eigenvalue weighted by molar-refractivity contribution is -0.0522. The highest BCUT2D eigenvalue weighted by Gasteiger charge is 2.37. The van der Waals surface area contributed by atoms with Crippen molar-refractivity contribution >= 4 is 5.91 Å². The minimum absolute atomic E-state index is 0.0162. The third-order valence-electron chi connectivity index (χ3n) is 5.45. The van der Waals surface area contributed by atoms with Crippen LogP contribution in [0.1, 0.15) is 36.5 Å². The van der Waals surface area contributed by atoms with Crippen LogP contribution in [0.15, 0.2) is 48.3 Å². The molecule has 0 bridgehead atoms. The van der Waals surface area contributed by atoms with Gasteiger partial charge in [0.25, 0.3) is 5.91 Å². The second-order valence-electron chi connectivity index (χ2n) is 7.29. The third-order valence-corrected chi connectivity index (χ3v) is 5.45. The molecule has 6 nitrogen and oxygen atoms in total. The van der Waals surface area contributed by atoms with Crippen molar-refractivity contribution in [2.45, 2.75) is 31.8 Å². The first-order chi connectivity index (χ1) is 13.1. The van der Waals surface area contributed by atoms with Gasteiger partial charge in [0, 0.05) is 19.3 Å². The molecule has 0 N–H and O–H groups in total. The zero-order chi connectivity index (χ0) is 18.9. The van der Waals surface area contributed by atoms with Gasteiger partial charge in [-0.2, -0.15) is 5.10 Å². The van der Waals surface area contributed by atoms with E-state index in [1.807, 2.05) is 29.2 Å². The highest BCUT2D eigenvalue weighted by Crippen LogP contribution is 2.33. The number of piperidine rings is 1. The average molecular weight is 367 g/mol. The number of amides is 1. The Hall–Kier alpha value is -2.60. The van der Waals surface area contributed by atoms with E-state index in [4.69, 9.17) is 9.47 Å². The Morgan fingerprint density at radius 1 is 1.26 bits per heavy atom. The quantitative estimate of drug-likeness (QED) is 0.782. The maximum atomic E-state index is 12.9. The zero-order valence-corrected chi connectivity index (χ0v) is 15.9. The van der Waals surface area contributed by atoms with Gasteiger partial charge in [0.1, 0.15) is 11.4 Å². The molecule has 142 valence electrons. The van der Waals surface area contributed by atoms with Gasteiger partial charge in [0.05, 0.1) is 31.1 Å². The van der Waals surface area contributed by atoms with Gasteiger partial charge >= 0.3 is 0 Å². The highest BCUT2D eigenvalue weighted by molar-refractivity contribution is 5.94. The number of ether oxygens (including phenoxy) is 2. The molecule has 1 fully saturated rings. The number of hydrogen-bond acceptors (Lipinski definition) is 4. The van der Waals surface area contributed by atoms with Crippen molar-refractivity contribution in [3.05, 3.63) is 53.9 Å². The van der Waals surface area contributed by atoms with Crippen molar-refractivity contribution in [2.24, 2.45) is 0 Å². The topological polar surface area (TPSA) is 56.6 Å². The van der Waals surface area contributed by atoms with E-state index in [0.717, 1.165) is 37.3 Å². The number of benzene rings is 1. The summed E-state index contributed by atoms with van der Waals surface area (Å²) in [5.74, 6) is 0.735. The molecule has 1 amide bonds. The minimum Gasteiger partial charge on any atom is -0.494 e. The number of likely N-dealkylation sites (tertiary alicyclic amines) is 1. The zero-order valence-electron chi connectivity index (χ0n) is 15.9. The number of para-hydroxylation sites is 2. The molecule has 1 saturated heterocycles. The van der Waals surface area contributed by atoms with Gasteiger partial charge in [0.2, 0.25) is 0 Å². The molecular formula is C21H25N3O3. The average Bonchev–Trinajstić information content (AvgIpc) is 3.18. The van der Waals surface area contributed by atoms with Gasteiger partial charge in [-0.25, -0.2) is 4.68 Å². The number of nitrogens with zero attached hydrogens (tertiary/aromatic N) is 3. The first kappa shape index (κ1) is 17.8.